The normalized spacial score (nSPS) is 18.0. The van der Waals surface area contributed by atoms with Crippen LogP contribution in [0.2, 0.25) is 5.02 Å². The highest BCUT2D eigenvalue weighted by Gasteiger charge is 2.34. The molecule has 5 nitrogen and oxygen atoms in total. The Morgan fingerprint density at radius 1 is 1.13 bits per heavy atom. The molecule has 0 spiro atoms. The van der Waals surface area contributed by atoms with Gasteiger partial charge in [0.05, 0.1) is 16.3 Å². The van der Waals surface area contributed by atoms with Crippen molar-refractivity contribution in [2.45, 2.75) is 31.3 Å². The Kier molecular flexibility index (Phi) is 5.55. The van der Waals surface area contributed by atoms with E-state index in [4.69, 9.17) is 11.6 Å². The van der Waals surface area contributed by atoms with E-state index in [0.717, 1.165) is 11.3 Å². The largest absolute Gasteiger partial charge is 0.388 e. The van der Waals surface area contributed by atoms with Gasteiger partial charge in [0.2, 0.25) is 5.91 Å². The maximum absolute atomic E-state index is 14.0. The predicted octanol–water partition coefficient (Wildman–Crippen LogP) is 4.09. The lowest BCUT2D eigenvalue weighted by molar-refractivity contribution is -0.116. The lowest BCUT2D eigenvalue weighted by Crippen LogP contribution is -2.48. The van der Waals surface area contributed by atoms with Crippen LogP contribution in [0.4, 0.5) is 30.2 Å². The van der Waals surface area contributed by atoms with E-state index < -0.39 is 23.1 Å². The van der Waals surface area contributed by atoms with E-state index in [1.807, 2.05) is 0 Å². The van der Waals surface area contributed by atoms with E-state index in [2.05, 4.69) is 10.6 Å². The summed E-state index contributed by atoms with van der Waals surface area (Å²) in [4.78, 5) is 13.1. The van der Waals surface area contributed by atoms with Gasteiger partial charge in [-0.2, -0.15) is 0 Å². The summed E-state index contributed by atoms with van der Waals surface area (Å²) in [6, 6.07) is 4.80. The molecule has 0 aliphatic carbocycles. The monoisotopic (exact) mass is 439 g/mol. The van der Waals surface area contributed by atoms with Crippen molar-refractivity contribution < 1.29 is 23.1 Å². The van der Waals surface area contributed by atoms with E-state index in [-0.39, 0.29) is 44.1 Å². The minimum atomic E-state index is -1.08. The van der Waals surface area contributed by atoms with Crippen molar-refractivity contribution in [3.8, 4) is 0 Å². The van der Waals surface area contributed by atoms with Crippen LogP contribution in [-0.2, 0) is 11.2 Å². The first-order valence-electron chi connectivity index (χ1n) is 9.73. The van der Waals surface area contributed by atoms with Crippen LogP contribution in [-0.4, -0.2) is 36.2 Å². The van der Waals surface area contributed by atoms with E-state index in [0.29, 0.717) is 35.7 Å². The first-order chi connectivity index (χ1) is 14.3. The molecule has 9 heteroatoms. The Morgan fingerprint density at radius 3 is 2.47 bits per heavy atom. The van der Waals surface area contributed by atoms with Crippen LogP contribution in [0.25, 0.3) is 0 Å². The number of hydrogen-bond acceptors (Lipinski definition) is 4. The minimum Gasteiger partial charge on any atom is -0.388 e. The lowest BCUT2D eigenvalue weighted by Gasteiger charge is -2.40. The Hall–Kier alpha value is -2.45. The van der Waals surface area contributed by atoms with Crippen LogP contribution < -0.4 is 15.5 Å². The average Bonchev–Trinajstić information content (AvgIpc) is 2.69. The molecule has 3 N–H and O–H groups in total. The molecule has 0 aromatic heterocycles. The number of hydrogen-bond donors (Lipinski definition) is 3. The fourth-order valence-electron chi connectivity index (χ4n) is 4.04. The number of aliphatic hydroxyl groups is 1. The standard InChI is InChI=1S/C21H21ClF3N3O2/c22-14-2-3-17(13-1-4-18(29)27-19(13)14)26-11-21(30)5-7-28(8-6-21)20-15(24)9-12(23)10-16(20)25/h2-3,9-10,26,30H,1,4-8,11H2,(H,27,29). The second-order valence-electron chi connectivity index (χ2n) is 7.78. The van der Waals surface area contributed by atoms with Crippen molar-refractivity contribution in [2.75, 3.05) is 35.2 Å². The molecule has 0 radical (unpaired) electrons. The molecular weight excluding hydrogens is 419 g/mol. The van der Waals surface area contributed by atoms with Gasteiger partial charge in [0.25, 0.3) is 0 Å². The van der Waals surface area contributed by atoms with Gasteiger partial charge in [-0.3, -0.25) is 4.79 Å². The number of benzene rings is 2. The van der Waals surface area contributed by atoms with Gasteiger partial charge in [0.15, 0.2) is 11.6 Å². The van der Waals surface area contributed by atoms with Crippen LogP contribution in [0.1, 0.15) is 24.8 Å². The fourth-order valence-corrected chi connectivity index (χ4v) is 4.26. The molecule has 2 aromatic rings. The molecule has 160 valence electrons. The molecule has 4 rings (SSSR count). The maximum Gasteiger partial charge on any atom is 0.224 e. The third-order valence-corrected chi connectivity index (χ3v) is 6.04. The third kappa shape index (κ3) is 4.06. The van der Waals surface area contributed by atoms with Crippen LogP contribution in [0.5, 0.6) is 0 Å². The summed E-state index contributed by atoms with van der Waals surface area (Å²) in [7, 11) is 0. The Bertz CT molecular complexity index is 971. The highest BCUT2D eigenvalue weighted by molar-refractivity contribution is 6.34. The Labute approximate surface area is 176 Å². The van der Waals surface area contributed by atoms with Crippen LogP contribution in [0, 0.1) is 17.5 Å². The van der Waals surface area contributed by atoms with E-state index in [9.17, 15) is 23.1 Å². The van der Waals surface area contributed by atoms with Gasteiger partial charge in [-0.1, -0.05) is 11.6 Å². The first-order valence-corrected chi connectivity index (χ1v) is 10.1. The Morgan fingerprint density at radius 2 is 1.80 bits per heavy atom. The zero-order chi connectivity index (χ0) is 21.5. The van der Waals surface area contributed by atoms with Crippen LogP contribution in [0.3, 0.4) is 0 Å². The summed E-state index contributed by atoms with van der Waals surface area (Å²) in [5, 5.41) is 17.4. The third-order valence-electron chi connectivity index (χ3n) is 5.73. The molecule has 1 saturated heterocycles. The first kappa shape index (κ1) is 20.8. The highest BCUT2D eigenvalue weighted by atomic mass is 35.5. The topological polar surface area (TPSA) is 64.6 Å². The molecule has 0 bridgehead atoms. The van der Waals surface area contributed by atoms with Gasteiger partial charge >= 0.3 is 0 Å². The smallest absolute Gasteiger partial charge is 0.224 e. The number of nitrogens with one attached hydrogen (secondary N) is 2. The highest BCUT2D eigenvalue weighted by Crippen LogP contribution is 2.37. The van der Waals surface area contributed by atoms with Crippen LogP contribution in [0.15, 0.2) is 24.3 Å². The number of carbonyl (C=O) groups is 1. The fraction of sp³-hybridized carbons (Fsp3) is 0.381. The van der Waals surface area contributed by atoms with Crippen molar-refractivity contribution in [3.63, 3.8) is 0 Å². The summed E-state index contributed by atoms with van der Waals surface area (Å²) in [5.74, 6) is -2.96. The number of rotatable bonds is 4. The zero-order valence-corrected chi connectivity index (χ0v) is 16.8. The molecule has 2 aromatic carbocycles. The number of anilines is 3. The molecule has 30 heavy (non-hydrogen) atoms. The summed E-state index contributed by atoms with van der Waals surface area (Å²) in [5.41, 5.74) is 0.906. The molecule has 0 unspecified atom stereocenters. The number of carbonyl (C=O) groups excluding carboxylic acids is 1. The maximum atomic E-state index is 14.0. The molecular formula is C21H21ClF3N3O2. The van der Waals surface area contributed by atoms with Crippen molar-refractivity contribution in [2.24, 2.45) is 0 Å². The molecule has 2 aliphatic heterocycles. The van der Waals surface area contributed by atoms with Gasteiger partial charge in [-0.05, 0) is 31.4 Å². The Balaban J connectivity index is 1.43. The molecule has 0 atom stereocenters. The van der Waals surface area contributed by atoms with Gasteiger partial charge in [0.1, 0.15) is 11.5 Å². The van der Waals surface area contributed by atoms with Crippen molar-refractivity contribution in [3.05, 3.63) is 52.3 Å². The van der Waals surface area contributed by atoms with Gasteiger partial charge < -0.3 is 20.6 Å². The average molecular weight is 440 g/mol. The molecule has 0 saturated carbocycles. The van der Waals surface area contributed by atoms with E-state index >= 15 is 0 Å². The summed E-state index contributed by atoms with van der Waals surface area (Å²) in [6.45, 7) is 0.691. The second kappa shape index (κ2) is 8.00. The van der Waals surface area contributed by atoms with Gasteiger partial charge in [0, 0.05) is 49.4 Å². The van der Waals surface area contributed by atoms with Gasteiger partial charge in [-0.25, -0.2) is 13.2 Å². The quantitative estimate of drug-likeness (QED) is 0.671. The van der Waals surface area contributed by atoms with Crippen molar-refractivity contribution in [1.82, 2.24) is 0 Å². The number of piperidine rings is 1. The van der Waals surface area contributed by atoms with Gasteiger partial charge in [-0.15, -0.1) is 0 Å². The minimum absolute atomic E-state index is 0.0900. The molecule has 2 aliphatic rings. The zero-order valence-electron chi connectivity index (χ0n) is 16.1. The summed E-state index contributed by atoms with van der Waals surface area (Å²) < 4.78 is 41.2. The number of nitrogens with zero attached hydrogens (tertiary/aromatic N) is 1. The number of fused-ring (bicyclic) bond motifs is 1. The lowest BCUT2D eigenvalue weighted by atomic mass is 9.90. The van der Waals surface area contributed by atoms with Crippen molar-refractivity contribution in [1.29, 1.82) is 0 Å². The van der Waals surface area contributed by atoms with E-state index in [1.165, 1.54) is 4.90 Å². The number of halogens is 4. The SMILES string of the molecule is O=C1CCc2c(NCC3(O)CCN(c4c(F)cc(F)cc4F)CC3)ccc(Cl)c2N1. The number of amides is 1. The summed E-state index contributed by atoms with van der Waals surface area (Å²) in [6.07, 6.45) is 1.46. The second-order valence-corrected chi connectivity index (χ2v) is 8.19. The summed E-state index contributed by atoms with van der Waals surface area (Å²) >= 11 is 6.18. The van der Waals surface area contributed by atoms with Crippen LogP contribution >= 0.6 is 11.6 Å². The molecule has 1 amide bonds. The van der Waals surface area contributed by atoms with E-state index in [1.54, 1.807) is 12.1 Å². The predicted molar refractivity (Wildman–Crippen MR) is 110 cm³/mol. The molecule has 2 heterocycles. The molecule has 1 fully saturated rings. The van der Waals surface area contributed by atoms with Crippen molar-refractivity contribution >= 4 is 34.6 Å².